The molecule has 0 heterocycles. The summed E-state index contributed by atoms with van der Waals surface area (Å²) in [6.45, 7) is 5.79. The van der Waals surface area contributed by atoms with E-state index in [-0.39, 0.29) is 0 Å². The van der Waals surface area contributed by atoms with Gasteiger partial charge in [0.1, 0.15) is 0 Å². The lowest BCUT2D eigenvalue weighted by Gasteiger charge is -2.24. The average molecular weight is 139 g/mol. The largest absolute Gasteiger partial charge is 0.313 e. The van der Waals surface area contributed by atoms with Gasteiger partial charge in [-0.2, -0.15) is 0 Å². The molecule has 0 amide bonds. The Morgan fingerprint density at radius 2 is 2.30 bits per heavy atom. The minimum absolute atomic E-state index is 0.965. The Hall–Kier alpha value is -0.300. The van der Waals surface area contributed by atoms with Gasteiger partial charge in [-0.3, -0.25) is 0 Å². The second-order valence-corrected chi connectivity index (χ2v) is 3.08. The first-order valence-corrected chi connectivity index (χ1v) is 4.25. The van der Waals surface area contributed by atoms with Gasteiger partial charge in [-0.05, 0) is 18.9 Å². The lowest BCUT2D eigenvalue weighted by Crippen LogP contribution is -2.21. The molecule has 0 saturated heterocycles. The van der Waals surface area contributed by atoms with Crippen LogP contribution >= 0.6 is 0 Å². The summed E-state index contributed by atoms with van der Waals surface area (Å²) in [5, 5.41) is 3.32. The van der Waals surface area contributed by atoms with Crippen LogP contribution in [-0.2, 0) is 0 Å². The van der Waals surface area contributed by atoms with Gasteiger partial charge in [-0.1, -0.05) is 25.3 Å². The second kappa shape index (κ2) is 4.51. The number of rotatable bonds is 5. The van der Waals surface area contributed by atoms with Gasteiger partial charge < -0.3 is 5.32 Å². The van der Waals surface area contributed by atoms with E-state index in [1.807, 2.05) is 6.08 Å². The molecule has 0 aromatic carbocycles. The molecule has 0 bridgehead atoms. The van der Waals surface area contributed by atoms with Crippen molar-refractivity contribution in [1.29, 1.82) is 0 Å². The van der Waals surface area contributed by atoms with E-state index in [9.17, 15) is 0 Å². The molecule has 1 nitrogen and oxygen atoms in total. The zero-order valence-electron chi connectivity index (χ0n) is 6.60. The Morgan fingerprint density at radius 3 is 2.80 bits per heavy atom. The first-order valence-electron chi connectivity index (χ1n) is 4.25. The van der Waals surface area contributed by atoms with Crippen LogP contribution in [0.3, 0.4) is 0 Å². The molecule has 1 fully saturated rings. The second-order valence-electron chi connectivity index (χ2n) is 3.08. The average Bonchev–Trinajstić information content (AvgIpc) is 1.84. The van der Waals surface area contributed by atoms with Crippen molar-refractivity contribution >= 4 is 0 Å². The highest BCUT2D eigenvalue weighted by molar-refractivity contribution is 4.73. The van der Waals surface area contributed by atoms with Crippen LogP contribution in [-0.4, -0.2) is 13.1 Å². The molecule has 58 valence electrons. The van der Waals surface area contributed by atoms with Crippen LogP contribution in [0.1, 0.15) is 25.7 Å². The van der Waals surface area contributed by atoms with E-state index in [0.29, 0.717) is 0 Å². The van der Waals surface area contributed by atoms with Gasteiger partial charge in [0, 0.05) is 6.54 Å². The fraction of sp³-hybridized carbons (Fsp3) is 0.778. The maximum Gasteiger partial charge on any atom is 0.0132 e. The predicted molar refractivity (Wildman–Crippen MR) is 45.0 cm³/mol. The van der Waals surface area contributed by atoms with Gasteiger partial charge in [0.2, 0.25) is 0 Å². The zero-order chi connectivity index (χ0) is 7.23. The van der Waals surface area contributed by atoms with E-state index < -0.39 is 0 Å². The normalized spacial score (nSPS) is 18.4. The summed E-state index contributed by atoms with van der Waals surface area (Å²) in [6, 6.07) is 0. The van der Waals surface area contributed by atoms with E-state index >= 15 is 0 Å². The van der Waals surface area contributed by atoms with E-state index in [2.05, 4.69) is 11.9 Å². The molecule has 1 aliphatic rings. The molecule has 1 saturated carbocycles. The zero-order valence-corrected chi connectivity index (χ0v) is 6.60. The third kappa shape index (κ3) is 2.53. The third-order valence-electron chi connectivity index (χ3n) is 2.24. The summed E-state index contributed by atoms with van der Waals surface area (Å²) in [6.07, 6.45) is 7.69. The molecule has 1 N–H and O–H groups in total. The molecule has 0 aromatic rings. The summed E-state index contributed by atoms with van der Waals surface area (Å²) in [5.41, 5.74) is 0. The minimum Gasteiger partial charge on any atom is -0.313 e. The molecule has 0 aliphatic heterocycles. The SMILES string of the molecule is C=CCNCCC1CCC1. The molecule has 1 aliphatic carbocycles. The predicted octanol–water partition coefficient (Wildman–Crippen LogP) is 1.95. The lowest BCUT2D eigenvalue weighted by atomic mass is 9.83. The molecule has 0 aromatic heterocycles. The molecule has 1 heteroatoms. The smallest absolute Gasteiger partial charge is 0.0132 e. The molecular formula is C9H17N. The van der Waals surface area contributed by atoms with Crippen molar-refractivity contribution in [1.82, 2.24) is 5.32 Å². The quantitative estimate of drug-likeness (QED) is 0.453. The summed E-state index contributed by atoms with van der Waals surface area (Å²) in [5.74, 6) is 1.04. The maximum atomic E-state index is 3.65. The van der Waals surface area contributed by atoms with Crippen molar-refractivity contribution in [2.45, 2.75) is 25.7 Å². The van der Waals surface area contributed by atoms with Crippen molar-refractivity contribution in [3.63, 3.8) is 0 Å². The molecule has 1 rings (SSSR count). The van der Waals surface area contributed by atoms with E-state index in [1.165, 1.54) is 32.2 Å². The highest BCUT2D eigenvalue weighted by atomic mass is 14.8. The van der Waals surface area contributed by atoms with Crippen LogP contribution in [0.2, 0.25) is 0 Å². The maximum absolute atomic E-state index is 3.65. The van der Waals surface area contributed by atoms with Crippen molar-refractivity contribution in [3.05, 3.63) is 12.7 Å². The Balaban J connectivity index is 1.80. The van der Waals surface area contributed by atoms with Gasteiger partial charge in [-0.25, -0.2) is 0 Å². The van der Waals surface area contributed by atoms with Gasteiger partial charge in [0.05, 0.1) is 0 Å². The highest BCUT2D eigenvalue weighted by Gasteiger charge is 2.15. The molecule has 0 unspecified atom stereocenters. The van der Waals surface area contributed by atoms with Crippen LogP contribution in [0, 0.1) is 5.92 Å². The molecule has 0 radical (unpaired) electrons. The van der Waals surface area contributed by atoms with Crippen LogP contribution in [0.15, 0.2) is 12.7 Å². The first kappa shape index (κ1) is 7.80. The lowest BCUT2D eigenvalue weighted by molar-refractivity contribution is 0.293. The van der Waals surface area contributed by atoms with Gasteiger partial charge in [0.25, 0.3) is 0 Å². The van der Waals surface area contributed by atoms with Gasteiger partial charge in [0.15, 0.2) is 0 Å². The van der Waals surface area contributed by atoms with E-state index in [0.717, 1.165) is 12.5 Å². The number of nitrogens with one attached hydrogen (secondary N) is 1. The van der Waals surface area contributed by atoms with E-state index in [1.54, 1.807) is 0 Å². The van der Waals surface area contributed by atoms with Crippen LogP contribution in [0.5, 0.6) is 0 Å². The molecule has 10 heavy (non-hydrogen) atoms. The Bertz CT molecular complexity index is 94.9. The Kier molecular flexibility index (Phi) is 3.52. The fourth-order valence-electron chi connectivity index (χ4n) is 1.29. The van der Waals surface area contributed by atoms with Crippen LogP contribution < -0.4 is 5.32 Å². The molecule has 0 atom stereocenters. The number of hydrogen-bond acceptors (Lipinski definition) is 1. The molecule has 0 spiro atoms. The van der Waals surface area contributed by atoms with Crippen LogP contribution in [0.25, 0.3) is 0 Å². The Labute approximate surface area is 63.5 Å². The summed E-state index contributed by atoms with van der Waals surface area (Å²) < 4.78 is 0. The van der Waals surface area contributed by atoms with Gasteiger partial charge in [-0.15, -0.1) is 6.58 Å². The topological polar surface area (TPSA) is 12.0 Å². The number of hydrogen-bond donors (Lipinski definition) is 1. The van der Waals surface area contributed by atoms with Crippen molar-refractivity contribution in [2.75, 3.05) is 13.1 Å². The van der Waals surface area contributed by atoms with Crippen molar-refractivity contribution < 1.29 is 0 Å². The first-order chi connectivity index (χ1) is 4.93. The standard InChI is InChI=1S/C9H17N/c1-2-7-10-8-6-9-4-3-5-9/h2,9-10H,1,3-8H2. The summed E-state index contributed by atoms with van der Waals surface area (Å²) >= 11 is 0. The summed E-state index contributed by atoms with van der Waals surface area (Å²) in [7, 11) is 0. The van der Waals surface area contributed by atoms with Crippen molar-refractivity contribution in [3.8, 4) is 0 Å². The van der Waals surface area contributed by atoms with E-state index in [4.69, 9.17) is 0 Å². The highest BCUT2D eigenvalue weighted by Crippen LogP contribution is 2.28. The molecular weight excluding hydrogens is 122 g/mol. The van der Waals surface area contributed by atoms with Crippen LogP contribution in [0.4, 0.5) is 0 Å². The summed E-state index contributed by atoms with van der Waals surface area (Å²) in [4.78, 5) is 0. The fourth-order valence-corrected chi connectivity index (χ4v) is 1.29. The minimum atomic E-state index is 0.965. The third-order valence-corrected chi connectivity index (χ3v) is 2.24. The van der Waals surface area contributed by atoms with Crippen molar-refractivity contribution in [2.24, 2.45) is 5.92 Å². The van der Waals surface area contributed by atoms with Gasteiger partial charge >= 0.3 is 0 Å². The Morgan fingerprint density at radius 1 is 1.50 bits per heavy atom. The monoisotopic (exact) mass is 139 g/mol.